The fourth-order valence-electron chi connectivity index (χ4n) is 3.96. The number of ether oxygens (including phenoxy) is 1. The molecule has 1 atom stereocenters. The number of hydrogen-bond donors (Lipinski definition) is 1. The van der Waals surface area contributed by atoms with Crippen LogP contribution in [0.2, 0.25) is 0 Å². The van der Waals surface area contributed by atoms with E-state index in [1.54, 1.807) is 18.9 Å². The highest BCUT2D eigenvalue weighted by atomic mass is 32.2. The highest BCUT2D eigenvalue weighted by molar-refractivity contribution is 8.14. The summed E-state index contributed by atoms with van der Waals surface area (Å²) in [4.78, 5) is 4.85. The highest BCUT2D eigenvalue weighted by Gasteiger charge is 2.31. The molecule has 1 aliphatic rings. The maximum Gasteiger partial charge on any atom is 0.234 e. The summed E-state index contributed by atoms with van der Waals surface area (Å²) in [7, 11) is 1.69. The first-order valence-electron chi connectivity index (χ1n) is 11.9. The van der Waals surface area contributed by atoms with Crippen molar-refractivity contribution in [1.29, 1.82) is 0 Å². The summed E-state index contributed by atoms with van der Waals surface area (Å²) < 4.78 is 5.39. The largest absolute Gasteiger partial charge is 0.497 e. The number of guanidine groups is 1. The van der Waals surface area contributed by atoms with Gasteiger partial charge in [-0.3, -0.25) is 0 Å². The van der Waals surface area contributed by atoms with Crippen molar-refractivity contribution in [2.24, 2.45) is 10.1 Å². The van der Waals surface area contributed by atoms with Crippen LogP contribution in [0.3, 0.4) is 0 Å². The Kier molecular flexibility index (Phi) is 7.25. The zero-order valence-electron chi connectivity index (χ0n) is 21.4. The molecule has 2 heterocycles. The molecule has 9 heteroatoms. The first-order valence-corrected chi connectivity index (χ1v) is 13.6. The number of rotatable bonds is 5. The Labute approximate surface area is 225 Å². The summed E-state index contributed by atoms with van der Waals surface area (Å²) in [6.45, 7) is 8.15. The third kappa shape index (κ3) is 5.68. The van der Waals surface area contributed by atoms with E-state index in [0.29, 0.717) is 11.1 Å². The van der Waals surface area contributed by atoms with Gasteiger partial charge in [-0.2, -0.15) is 10.1 Å². The van der Waals surface area contributed by atoms with Crippen LogP contribution in [0.15, 0.2) is 76.8 Å². The quantitative estimate of drug-likeness (QED) is 0.216. The molecular formula is C28H28N6OS2. The topological polar surface area (TPSA) is 75.0 Å². The number of nitrogens with one attached hydrogen (secondary N) is 1. The molecule has 37 heavy (non-hydrogen) atoms. The summed E-state index contributed by atoms with van der Waals surface area (Å²) in [6.07, 6.45) is 0. The Morgan fingerprint density at radius 3 is 2.43 bits per heavy atom. The van der Waals surface area contributed by atoms with Crippen molar-refractivity contribution < 1.29 is 4.74 Å². The lowest BCUT2D eigenvalue weighted by molar-refractivity contribution is 0.415. The fraction of sp³-hybridized carbons (Fsp3) is 0.214. The van der Waals surface area contributed by atoms with Crippen molar-refractivity contribution in [3.8, 4) is 16.9 Å². The van der Waals surface area contributed by atoms with Gasteiger partial charge in [0.15, 0.2) is 0 Å². The number of benzene rings is 3. The molecule has 188 valence electrons. The van der Waals surface area contributed by atoms with Crippen LogP contribution in [-0.2, 0) is 0 Å². The molecule has 0 aliphatic carbocycles. The summed E-state index contributed by atoms with van der Waals surface area (Å²) in [6, 6.07) is 22.9. The zero-order chi connectivity index (χ0) is 25.9. The molecule has 0 spiro atoms. The lowest BCUT2D eigenvalue weighted by atomic mass is 10.0. The van der Waals surface area contributed by atoms with Crippen molar-refractivity contribution in [3.05, 3.63) is 88.4 Å². The first-order chi connectivity index (χ1) is 17.9. The van der Waals surface area contributed by atoms with Crippen molar-refractivity contribution in [1.82, 2.24) is 15.2 Å². The van der Waals surface area contributed by atoms with E-state index in [0.717, 1.165) is 38.2 Å². The Hall–Kier alpha value is -3.69. The van der Waals surface area contributed by atoms with Gasteiger partial charge in [0.1, 0.15) is 16.1 Å². The van der Waals surface area contributed by atoms with Gasteiger partial charge < -0.3 is 10.1 Å². The number of anilines is 1. The normalized spacial score (nSPS) is 15.6. The standard InChI is InChI=1S/C28H28N6OS2/c1-17-9-14-24(15-18(17)2)29-27(30-28-32-31-19(3)37-28)34-26(36-20(4)33-34)22-12-10-21(11-13-22)23-7-6-8-25(16-23)35-5/h6-16,26H,1-5H3,(H,29,30,32). The van der Waals surface area contributed by atoms with E-state index in [-0.39, 0.29) is 5.37 Å². The SMILES string of the molecule is COc1cccc(-c2ccc(C3SC(C)=NN3/C(=N/c3nnc(C)s3)Nc3ccc(C)c(C)c3)cc2)c1. The van der Waals surface area contributed by atoms with Crippen LogP contribution in [0.1, 0.15) is 34.0 Å². The van der Waals surface area contributed by atoms with Crippen LogP contribution in [-0.4, -0.2) is 33.3 Å². The van der Waals surface area contributed by atoms with E-state index in [1.165, 1.54) is 22.5 Å². The number of aryl methyl sites for hydroxylation is 3. The number of hydrogen-bond acceptors (Lipinski definition) is 7. The van der Waals surface area contributed by atoms with Gasteiger partial charge in [-0.1, -0.05) is 65.6 Å². The molecule has 0 fully saturated rings. The van der Waals surface area contributed by atoms with E-state index in [1.807, 2.05) is 37.1 Å². The van der Waals surface area contributed by atoms with Crippen molar-refractivity contribution >= 4 is 44.9 Å². The van der Waals surface area contributed by atoms with Crippen LogP contribution < -0.4 is 10.1 Å². The Bertz CT molecular complexity index is 1480. The lowest BCUT2D eigenvalue weighted by Gasteiger charge is -2.25. The van der Waals surface area contributed by atoms with Gasteiger partial charge in [0.05, 0.1) is 12.2 Å². The number of nitrogens with zero attached hydrogens (tertiary/aromatic N) is 5. The fourth-order valence-corrected chi connectivity index (χ4v) is 5.51. The van der Waals surface area contributed by atoms with Gasteiger partial charge in [0.25, 0.3) is 0 Å². The molecule has 0 saturated carbocycles. The molecule has 0 saturated heterocycles. The maximum absolute atomic E-state index is 5.39. The van der Waals surface area contributed by atoms with Crippen LogP contribution >= 0.6 is 23.1 Å². The van der Waals surface area contributed by atoms with Crippen LogP contribution in [0, 0.1) is 20.8 Å². The minimum atomic E-state index is -0.0776. The molecule has 4 aromatic rings. The molecular weight excluding hydrogens is 500 g/mol. The average Bonchev–Trinajstić information content (AvgIpc) is 3.50. The molecule has 1 unspecified atom stereocenters. The predicted molar refractivity (Wildman–Crippen MR) is 155 cm³/mol. The summed E-state index contributed by atoms with van der Waals surface area (Å²) in [5.41, 5.74) is 6.75. The van der Waals surface area contributed by atoms with Gasteiger partial charge >= 0.3 is 0 Å². The highest BCUT2D eigenvalue weighted by Crippen LogP contribution is 2.40. The Balaban J connectivity index is 1.48. The lowest BCUT2D eigenvalue weighted by Crippen LogP contribution is -2.32. The maximum atomic E-state index is 5.39. The second kappa shape index (κ2) is 10.7. The molecule has 1 N–H and O–H groups in total. The number of aromatic nitrogens is 2. The van der Waals surface area contributed by atoms with Crippen LogP contribution in [0.5, 0.6) is 5.75 Å². The predicted octanol–water partition coefficient (Wildman–Crippen LogP) is 7.32. The Morgan fingerprint density at radius 1 is 0.919 bits per heavy atom. The van der Waals surface area contributed by atoms with E-state index in [2.05, 4.69) is 77.9 Å². The van der Waals surface area contributed by atoms with Gasteiger partial charge in [0, 0.05) is 5.69 Å². The zero-order valence-corrected chi connectivity index (χ0v) is 23.0. The Morgan fingerprint density at radius 2 is 1.73 bits per heavy atom. The van der Waals surface area contributed by atoms with Crippen molar-refractivity contribution in [2.45, 2.75) is 33.1 Å². The van der Waals surface area contributed by atoms with Crippen LogP contribution in [0.25, 0.3) is 11.1 Å². The molecule has 0 bridgehead atoms. The first kappa shape index (κ1) is 25.0. The smallest absolute Gasteiger partial charge is 0.234 e. The van der Waals surface area contributed by atoms with Gasteiger partial charge in [-0.25, -0.2) is 5.01 Å². The van der Waals surface area contributed by atoms with E-state index in [4.69, 9.17) is 14.8 Å². The molecule has 5 rings (SSSR count). The minimum absolute atomic E-state index is 0.0776. The molecule has 3 aromatic carbocycles. The van der Waals surface area contributed by atoms with Gasteiger partial charge in [-0.15, -0.1) is 10.2 Å². The monoisotopic (exact) mass is 528 g/mol. The second-order valence-electron chi connectivity index (χ2n) is 8.75. The van der Waals surface area contributed by atoms with E-state index < -0.39 is 0 Å². The summed E-state index contributed by atoms with van der Waals surface area (Å²) in [5, 5.41) is 21.0. The van der Waals surface area contributed by atoms with E-state index in [9.17, 15) is 0 Å². The van der Waals surface area contributed by atoms with Gasteiger partial charge in [0.2, 0.25) is 11.1 Å². The van der Waals surface area contributed by atoms with Gasteiger partial charge in [-0.05, 0) is 79.8 Å². The molecule has 1 aliphatic heterocycles. The number of hydrazone groups is 1. The van der Waals surface area contributed by atoms with Crippen LogP contribution in [0.4, 0.5) is 10.8 Å². The average molecular weight is 529 g/mol. The number of methoxy groups -OCH3 is 1. The van der Waals surface area contributed by atoms with Crippen molar-refractivity contribution in [2.75, 3.05) is 12.4 Å². The molecule has 0 radical (unpaired) electrons. The molecule has 1 aromatic heterocycles. The minimum Gasteiger partial charge on any atom is -0.497 e. The number of aliphatic imine (C=N–C) groups is 1. The third-order valence-electron chi connectivity index (χ3n) is 6.05. The second-order valence-corrected chi connectivity index (χ2v) is 11.2. The van der Waals surface area contributed by atoms with Crippen molar-refractivity contribution in [3.63, 3.8) is 0 Å². The molecule has 0 amide bonds. The summed E-state index contributed by atoms with van der Waals surface area (Å²) >= 11 is 3.15. The number of thioether (sulfide) groups is 1. The van der Waals surface area contributed by atoms with E-state index >= 15 is 0 Å². The molecule has 7 nitrogen and oxygen atoms in total. The summed E-state index contributed by atoms with van der Waals surface area (Å²) in [5.74, 6) is 1.44. The third-order valence-corrected chi connectivity index (χ3v) is 7.90.